The van der Waals surface area contributed by atoms with Crippen LogP contribution in [0.3, 0.4) is 0 Å². The van der Waals surface area contributed by atoms with Gasteiger partial charge in [-0.1, -0.05) is 20.8 Å². The molecule has 3 N–H and O–H groups in total. The van der Waals surface area contributed by atoms with Crippen molar-refractivity contribution in [3.8, 4) is 28.5 Å². The number of halogens is 1. The van der Waals surface area contributed by atoms with E-state index in [0.717, 1.165) is 11.2 Å². The number of carbonyl (C=O) groups is 1. The minimum absolute atomic E-state index is 0.126. The first-order valence-electron chi connectivity index (χ1n) is 12.4. The smallest absolute Gasteiger partial charge is 0.224 e. The summed E-state index contributed by atoms with van der Waals surface area (Å²) in [5.41, 5.74) is 4.57. The van der Waals surface area contributed by atoms with Gasteiger partial charge in [-0.15, -0.1) is 0 Å². The molecule has 11 heteroatoms. The van der Waals surface area contributed by atoms with Crippen molar-refractivity contribution in [3.05, 3.63) is 66.9 Å². The minimum atomic E-state index is -0.441. The standard InChI is InChI=1S/C28H26FN9O/c1-15-13-38(14-32-15)27-25-21(5-6-31-27)34-26(35-25)24-19-8-18(20(29)9-22(19)36-37-24)16-7-17(12-30-11-16)33-23(39)10-28(2,3)4/h5-9,11-14H,10H2,1-4H3,(H,33,39)(H,34,35)(H,36,37). The van der Waals surface area contributed by atoms with Crippen molar-refractivity contribution in [3.63, 3.8) is 0 Å². The van der Waals surface area contributed by atoms with Gasteiger partial charge in [-0.25, -0.2) is 19.3 Å². The van der Waals surface area contributed by atoms with Gasteiger partial charge in [-0.3, -0.25) is 19.4 Å². The normalized spacial score (nSPS) is 11.9. The Bertz CT molecular complexity index is 1860. The average Bonchev–Trinajstić information content (AvgIpc) is 3.59. The lowest BCUT2D eigenvalue weighted by Gasteiger charge is -2.17. The molecule has 6 aromatic rings. The average molecular weight is 524 g/mol. The van der Waals surface area contributed by atoms with E-state index in [0.29, 0.717) is 57.0 Å². The van der Waals surface area contributed by atoms with Gasteiger partial charge in [-0.2, -0.15) is 5.10 Å². The first-order chi connectivity index (χ1) is 18.6. The van der Waals surface area contributed by atoms with Crippen LogP contribution in [0.25, 0.3) is 50.4 Å². The molecule has 6 rings (SSSR count). The molecule has 0 spiro atoms. The predicted octanol–water partition coefficient (Wildman–Crippen LogP) is 5.57. The summed E-state index contributed by atoms with van der Waals surface area (Å²) in [5.74, 6) is 0.586. The maximum Gasteiger partial charge on any atom is 0.224 e. The Morgan fingerprint density at radius 2 is 1.97 bits per heavy atom. The molecule has 0 aliphatic carbocycles. The molecule has 0 aliphatic heterocycles. The van der Waals surface area contributed by atoms with Crippen LogP contribution in [0.4, 0.5) is 10.1 Å². The Hall–Kier alpha value is -4.93. The lowest BCUT2D eigenvalue weighted by Crippen LogP contribution is -2.19. The van der Waals surface area contributed by atoms with E-state index in [4.69, 9.17) is 4.98 Å². The van der Waals surface area contributed by atoms with Gasteiger partial charge in [0.2, 0.25) is 5.91 Å². The zero-order valence-electron chi connectivity index (χ0n) is 21.9. The number of pyridine rings is 2. The summed E-state index contributed by atoms with van der Waals surface area (Å²) in [6.45, 7) is 7.88. The third-order valence-corrected chi connectivity index (χ3v) is 6.24. The number of amides is 1. The van der Waals surface area contributed by atoms with Crippen molar-refractivity contribution < 1.29 is 9.18 Å². The molecule has 10 nitrogen and oxygen atoms in total. The van der Waals surface area contributed by atoms with Gasteiger partial charge in [0.15, 0.2) is 11.6 Å². The van der Waals surface area contributed by atoms with Crippen LogP contribution in [0.1, 0.15) is 32.9 Å². The number of aryl methyl sites for hydroxylation is 1. The molecule has 0 bridgehead atoms. The van der Waals surface area contributed by atoms with Crippen molar-refractivity contribution in [1.82, 2.24) is 39.7 Å². The van der Waals surface area contributed by atoms with Crippen molar-refractivity contribution in [1.29, 1.82) is 0 Å². The van der Waals surface area contributed by atoms with Crippen LogP contribution in [0.15, 0.2) is 55.4 Å². The molecule has 5 heterocycles. The van der Waals surface area contributed by atoms with Crippen LogP contribution >= 0.6 is 0 Å². The molecule has 0 aliphatic rings. The van der Waals surface area contributed by atoms with Gasteiger partial charge in [0, 0.05) is 47.6 Å². The Morgan fingerprint density at radius 1 is 1.13 bits per heavy atom. The van der Waals surface area contributed by atoms with Crippen LogP contribution in [-0.4, -0.2) is 45.6 Å². The highest BCUT2D eigenvalue weighted by Gasteiger charge is 2.19. The van der Waals surface area contributed by atoms with E-state index >= 15 is 4.39 Å². The molecule has 0 fully saturated rings. The molecule has 0 unspecified atom stereocenters. The summed E-state index contributed by atoms with van der Waals surface area (Å²) in [5, 5.41) is 10.9. The molecule has 0 saturated heterocycles. The molecule has 1 aromatic carbocycles. The zero-order chi connectivity index (χ0) is 27.3. The molecule has 0 radical (unpaired) electrons. The Balaban J connectivity index is 1.39. The zero-order valence-corrected chi connectivity index (χ0v) is 21.9. The lowest BCUT2D eigenvalue weighted by atomic mass is 9.92. The van der Waals surface area contributed by atoms with E-state index in [1.807, 2.05) is 44.5 Å². The number of nitrogens with zero attached hydrogens (tertiary/aromatic N) is 6. The summed E-state index contributed by atoms with van der Waals surface area (Å²) < 4.78 is 17.1. The topological polar surface area (TPSA) is 130 Å². The Morgan fingerprint density at radius 3 is 2.74 bits per heavy atom. The van der Waals surface area contributed by atoms with Crippen LogP contribution in [0.2, 0.25) is 0 Å². The van der Waals surface area contributed by atoms with Gasteiger partial charge < -0.3 is 10.3 Å². The molecule has 196 valence electrons. The van der Waals surface area contributed by atoms with Crippen molar-refractivity contribution in [2.75, 3.05) is 5.32 Å². The first kappa shape index (κ1) is 24.4. The number of aromatic nitrogens is 8. The number of hydrogen-bond acceptors (Lipinski definition) is 6. The molecular weight excluding hydrogens is 497 g/mol. The van der Waals surface area contributed by atoms with Crippen LogP contribution in [0, 0.1) is 18.2 Å². The third kappa shape index (κ3) is 4.74. The molecule has 0 saturated carbocycles. The number of anilines is 1. The fourth-order valence-corrected chi connectivity index (χ4v) is 4.54. The Labute approximate surface area is 222 Å². The lowest BCUT2D eigenvalue weighted by molar-refractivity contribution is -0.117. The second-order valence-corrected chi connectivity index (χ2v) is 10.7. The molecule has 0 atom stereocenters. The maximum atomic E-state index is 15.2. The fraction of sp³-hybridized carbons (Fsp3) is 0.214. The van der Waals surface area contributed by atoms with E-state index in [1.54, 1.807) is 37.1 Å². The summed E-state index contributed by atoms with van der Waals surface area (Å²) in [6.07, 6.45) is 8.73. The molecular formula is C28H26FN9O. The number of imidazole rings is 2. The largest absolute Gasteiger partial charge is 0.336 e. The first-order valence-corrected chi connectivity index (χ1v) is 12.4. The van der Waals surface area contributed by atoms with Gasteiger partial charge in [-0.05, 0) is 30.5 Å². The van der Waals surface area contributed by atoms with E-state index in [-0.39, 0.29) is 11.3 Å². The number of benzene rings is 1. The van der Waals surface area contributed by atoms with Crippen molar-refractivity contribution >= 4 is 33.5 Å². The number of nitrogens with one attached hydrogen (secondary N) is 3. The minimum Gasteiger partial charge on any atom is -0.336 e. The van der Waals surface area contributed by atoms with Crippen LogP contribution in [-0.2, 0) is 4.79 Å². The molecule has 39 heavy (non-hydrogen) atoms. The number of carbonyl (C=O) groups excluding carboxylic acids is 1. The van der Waals surface area contributed by atoms with Crippen LogP contribution in [0.5, 0.6) is 0 Å². The third-order valence-electron chi connectivity index (χ3n) is 6.24. The van der Waals surface area contributed by atoms with Crippen LogP contribution < -0.4 is 5.32 Å². The van der Waals surface area contributed by atoms with Gasteiger partial charge in [0.05, 0.1) is 28.6 Å². The maximum absolute atomic E-state index is 15.2. The number of fused-ring (bicyclic) bond motifs is 2. The van der Waals surface area contributed by atoms with Crippen molar-refractivity contribution in [2.24, 2.45) is 5.41 Å². The van der Waals surface area contributed by atoms with Gasteiger partial charge in [0.25, 0.3) is 0 Å². The number of rotatable bonds is 5. The van der Waals surface area contributed by atoms with E-state index < -0.39 is 5.82 Å². The summed E-state index contributed by atoms with van der Waals surface area (Å²) in [6, 6.07) is 6.66. The molecule has 5 aromatic heterocycles. The van der Waals surface area contributed by atoms with Gasteiger partial charge >= 0.3 is 0 Å². The number of hydrogen-bond donors (Lipinski definition) is 3. The monoisotopic (exact) mass is 523 g/mol. The second kappa shape index (κ2) is 9.12. The second-order valence-electron chi connectivity index (χ2n) is 10.7. The predicted molar refractivity (Wildman–Crippen MR) is 147 cm³/mol. The summed E-state index contributed by atoms with van der Waals surface area (Å²) in [4.78, 5) is 33.5. The summed E-state index contributed by atoms with van der Waals surface area (Å²) >= 11 is 0. The highest BCUT2D eigenvalue weighted by atomic mass is 19.1. The van der Waals surface area contributed by atoms with Crippen molar-refractivity contribution in [2.45, 2.75) is 34.1 Å². The quantitative estimate of drug-likeness (QED) is 0.271. The van der Waals surface area contributed by atoms with E-state index in [9.17, 15) is 4.79 Å². The number of H-pyrrole nitrogens is 2. The Kier molecular flexibility index (Phi) is 5.71. The van der Waals surface area contributed by atoms with E-state index in [2.05, 4.69) is 35.5 Å². The highest BCUT2D eigenvalue weighted by molar-refractivity contribution is 5.97. The fourth-order valence-electron chi connectivity index (χ4n) is 4.54. The number of aromatic amines is 2. The van der Waals surface area contributed by atoms with Gasteiger partial charge in [0.1, 0.15) is 23.4 Å². The molecule has 1 amide bonds. The van der Waals surface area contributed by atoms with E-state index in [1.165, 1.54) is 6.07 Å². The summed E-state index contributed by atoms with van der Waals surface area (Å²) in [7, 11) is 0. The highest BCUT2D eigenvalue weighted by Crippen LogP contribution is 2.33. The SMILES string of the molecule is Cc1cn(-c2nccc3[nH]c(-c4n[nH]c5cc(F)c(-c6cncc(NC(=O)CC(C)(C)C)c6)cc45)nc23)cn1.